The van der Waals surface area contributed by atoms with Gasteiger partial charge in [-0.1, -0.05) is 30.3 Å². The highest BCUT2D eigenvalue weighted by atomic mass is 16.5. The van der Waals surface area contributed by atoms with Crippen LogP contribution in [0.4, 0.5) is 0 Å². The van der Waals surface area contributed by atoms with Gasteiger partial charge in [0.1, 0.15) is 5.56 Å². The molecule has 2 aromatic rings. The third-order valence-electron chi connectivity index (χ3n) is 2.24. The highest BCUT2D eigenvalue weighted by Gasteiger charge is 2.22. The monoisotopic (exact) mass is 219 g/mol. The summed E-state index contributed by atoms with van der Waals surface area (Å²) in [5.41, 5.74) is -0.174. The minimum atomic E-state index is -1.19. The normalized spacial score (nSPS) is 10.3. The molecule has 0 fully saturated rings. The van der Waals surface area contributed by atoms with Crippen molar-refractivity contribution < 1.29 is 14.4 Å². The van der Waals surface area contributed by atoms with Gasteiger partial charge in [-0.15, -0.1) is 0 Å². The van der Waals surface area contributed by atoms with Crippen LogP contribution < -0.4 is 5.63 Å². The van der Waals surface area contributed by atoms with Crippen LogP contribution >= 0.6 is 0 Å². The summed E-state index contributed by atoms with van der Waals surface area (Å²) >= 11 is 0. The van der Waals surface area contributed by atoms with Crippen LogP contribution in [0.5, 0.6) is 0 Å². The number of nitrogens with zero attached hydrogens (tertiary/aromatic N) is 1. The van der Waals surface area contributed by atoms with E-state index in [0.29, 0.717) is 5.56 Å². The van der Waals surface area contributed by atoms with Gasteiger partial charge in [-0.3, -0.25) is 0 Å². The Morgan fingerprint density at radius 3 is 2.50 bits per heavy atom. The average molecular weight is 219 g/mol. The smallest absolute Gasteiger partial charge is 0.366 e. The summed E-state index contributed by atoms with van der Waals surface area (Å²) in [6.45, 7) is 0. The van der Waals surface area contributed by atoms with Crippen molar-refractivity contribution in [3.05, 3.63) is 46.4 Å². The van der Waals surface area contributed by atoms with Gasteiger partial charge in [-0.25, -0.2) is 14.3 Å². The third-order valence-corrected chi connectivity index (χ3v) is 2.24. The largest absolute Gasteiger partial charge is 0.476 e. The molecule has 1 N–H and O–H groups in total. The van der Waals surface area contributed by atoms with Gasteiger partial charge < -0.3 is 9.63 Å². The van der Waals surface area contributed by atoms with Crippen LogP contribution in [0.15, 0.2) is 39.6 Å². The van der Waals surface area contributed by atoms with Gasteiger partial charge in [0.2, 0.25) is 0 Å². The SMILES string of the molecule is Cn1oc(=O)c(-c2ccccc2)c1C(=O)O. The topological polar surface area (TPSA) is 72.4 Å². The second kappa shape index (κ2) is 3.69. The molecule has 0 bridgehead atoms. The number of carboxylic acids is 1. The van der Waals surface area contributed by atoms with E-state index in [1.165, 1.54) is 7.05 Å². The van der Waals surface area contributed by atoms with E-state index >= 15 is 0 Å². The summed E-state index contributed by atoms with van der Waals surface area (Å²) in [6.07, 6.45) is 0. The van der Waals surface area contributed by atoms with Crippen molar-refractivity contribution in [2.45, 2.75) is 0 Å². The third kappa shape index (κ3) is 1.52. The first-order chi connectivity index (χ1) is 7.61. The number of aromatic nitrogens is 1. The summed E-state index contributed by atoms with van der Waals surface area (Å²) in [7, 11) is 1.39. The molecule has 82 valence electrons. The fourth-order valence-corrected chi connectivity index (χ4v) is 1.57. The maximum absolute atomic E-state index is 11.5. The molecule has 5 nitrogen and oxygen atoms in total. The molecule has 0 saturated carbocycles. The number of hydrogen-bond acceptors (Lipinski definition) is 3. The van der Waals surface area contributed by atoms with Crippen molar-refractivity contribution in [1.82, 2.24) is 4.74 Å². The first-order valence-corrected chi connectivity index (χ1v) is 4.60. The highest BCUT2D eigenvalue weighted by molar-refractivity contribution is 5.93. The minimum absolute atomic E-state index is 0.0793. The number of hydrogen-bond donors (Lipinski definition) is 1. The first kappa shape index (κ1) is 10.2. The zero-order valence-corrected chi connectivity index (χ0v) is 8.51. The standard InChI is InChI=1S/C11H9NO4/c1-12-9(10(13)14)8(11(15)16-12)7-5-3-2-4-6-7/h2-6H,1H3,(H,13,14). The predicted molar refractivity (Wildman–Crippen MR) is 56.3 cm³/mol. The molecule has 1 aromatic carbocycles. The number of aromatic carboxylic acids is 1. The Hall–Kier alpha value is -2.30. The van der Waals surface area contributed by atoms with Crippen molar-refractivity contribution in [2.24, 2.45) is 7.05 Å². The molecular weight excluding hydrogens is 210 g/mol. The zero-order valence-electron chi connectivity index (χ0n) is 8.51. The molecule has 0 aliphatic rings. The Kier molecular flexibility index (Phi) is 2.36. The van der Waals surface area contributed by atoms with E-state index in [9.17, 15) is 9.59 Å². The molecule has 0 aliphatic heterocycles. The van der Waals surface area contributed by atoms with Crippen molar-refractivity contribution in [3.8, 4) is 11.1 Å². The summed E-state index contributed by atoms with van der Waals surface area (Å²) < 4.78 is 5.71. The first-order valence-electron chi connectivity index (χ1n) is 4.60. The fraction of sp³-hybridized carbons (Fsp3) is 0.0909. The molecule has 0 saturated heterocycles. The van der Waals surface area contributed by atoms with Crippen molar-refractivity contribution in [1.29, 1.82) is 0 Å². The van der Waals surface area contributed by atoms with Crippen LogP contribution in [0.3, 0.4) is 0 Å². The fourth-order valence-electron chi connectivity index (χ4n) is 1.57. The molecule has 2 rings (SSSR count). The van der Waals surface area contributed by atoms with Crippen molar-refractivity contribution in [2.75, 3.05) is 0 Å². The van der Waals surface area contributed by atoms with Gasteiger partial charge in [0.25, 0.3) is 0 Å². The van der Waals surface area contributed by atoms with Crippen LogP contribution in [-0.2, 0) is 7.05 Å². The summed E-state index contributed by atoms with van der Waals surface area (Å²) in [6, 6.07) is 8.58. The number of carbonyl (C=O) groups is 1. The lowest BCUT2D eigenvalue weighted by atomic mass is 10.1. The predicted octanol–water partition coefficient (Wildman–Crippen LogP) is 1.34. The lowest BCUT2D eigenvalue weighted by Gasteiger charge is -1.98. The number of aryl methyl sites for hydroxylation is 1. The highest BCUT2D eigenvalue weighted by Crippen LogP contribution is 2.19. The van der Waals surface area contributed by atoms with Crippen LogP contribution in [-0.4, -0.2) is 15.8 Å². The van der Waals surface area contributed by atoms with E-state index in [0.717, 1.165) is 4.74 Å². The van der Waals surface area contributed by atoms with Crippen LogP contribution in [0.1, 0.15) is 10.5 Å². The van der Waals surface area contributed by atoms with Gasteiger partial charge in [-0.2, -0.15) is 0 Å². The van der Waals surface area contributed by atoms with Gasteiger partial charge in [0.05, 0.1) is 0 Å². The Labute approximate surface area is 90.5 Å². The Morgan fingerprint density at radius 2 is 1.94 bits per heavy atom. The van der Waals surface area contributed by atoms with Gasteiger partial charge in [0, 0.05) is 7.05 Å². The molecule has 0 unspecified atom stereocenters. The summed E-state index contributed by atoms with van der Waals surface area (Å²) in [4.78, 5) is 22.5. The van der Waals surface area contributed by atoms with E-state index in [1.54, 1.807) is 30.3 Å². The zero-order chi connectivity index (χ0) is 11.7. The molecule has 0 spiro atoms. The van der Waals surface area contributed by atoms with Crippen LogP contribution in [0.25, 0.3) is 11.1 Å². The molecule has 0 radical (unpaired) electrons. The molecule has 16 heavy (non-hydrogen) atoms. The molecular formula is C11H9NO4. The van der Waals surface area contributed by atoms with Gasteiger partial charge in [-0.05, 0) is 5.56 Å². The lowest BCUT2D eigenvalue weighted by molar-refractivity contribution is 0.0673. The maximum atomic E-state index is 11.5. The molecule has 0 amide bonds. The number of carboxylic acid groups (broad SMARTS) is 1. The molecule has 1 heterocycles. The summed E-state index contributed by atoms with van der Waals surface area (Å²) in [5.74, 6) is -1.19. The average Bonchev–Trinajstić information content (AvgIpc) is 2.55. The van der Waals surface area contributed by atoms with Crippen molar-refractivity contribution in [3.63, 3.8) is 0 Å². The molecule has 0 atom stereocenters. The van der Waals surface area contributed by atoms with Crippen LogP contribution in [0.2, 0.25) is 0 Å². The second-order valence-electron chi connectivity index (χ2n) is 3.27. The van der Waals surface area contributed by atoms with E-state index < -0.39 is 11.6 Å². The van der Waals surface area contributed by atoms with E-state index in [2.05, 4.69) is 0 Å². The second-order valence-corrected chi connectivity index (χ2v) is 3.27. The van der Waals surface area contributed by atoms with Gasteiger partial charge >= 0.3 is 11.6 Å². The quantitative estimate of drug-likeness (QED) is 0.827. The Bertz CT molecular complexity index is 580. The van der Waals surface area contributed by atoms with E-state index in [-0.39, 0.29) is 11.3 Å². The van der Waals surface area contributed by atoms with Gasteiger partial charge in [0.15, 0.2) is 5.69 Å². The Balaban J connectivity index is 2.75. The van der Waals surface area contributed by atoms with E-state index in [4.69, 9.17) is 9.63 Å². The lowest BCUT2D eigenvalue weighted by Crippen LogP contribution is -2.06. The Morgan fingerprint density at radius 1 is 1.31 bits per heavy atom. The number of rotatable bonds is 2. The minimum Gasteiger partial charge on any atom is -0.476 e. The molecule has 1 aromatic heterocycles. The molecule has 0 aliphatic carbocycles. The number of benzene rings is 1. The van der Waals surface area contributed by atoms with Crippen LogP contribution in [0, 0.1) is 0 Å². The maximum Gasteiger partial charge on any atom is 0.366 e. The summed E-state index contributed by atoms with van der Waals surface area (Å²) in [5, 5.41) is 9.00. The van der Waals surface area contributed by atoms with Crippen molar-refractivity contribution >= 4 is 5.97 Å². The molecule has 5 heteroatoms. The van der Waals surface area contributed by atoms with E-state index in [1.807, 2.05) is 0 Å².